The quantitative estimate of drug-likeness (QED) is 0.488. The largest absolute Gasteiger partial charge is 0.396 e. The Balaban J connectivity index is 2.42. The number of nitrogens with zero attached hydrogens (tertiary/aromatic N) is 2. The van der Waals surface area contributed by atoms with Crippen molar-refractivity contribution in [3.63, 3.8) is 0 Å². The molecular weight excluding hydrogens is 182 g/mol. The fourth-order valence-electron chi connectivity index (χ4n) is 1.03. The second-order valence-corrected chi connectivity index (χ2v) is 2.89. The van der Waals surface area contributed by atoms with Gasteiger partial charge in [-0.3, -0.25) is 0 Å². The second kappa shape index (κ2) is 5.23. The number of nitrogens with two attached hydrogens (primary N) is 2. The lowest BCUT2D eigenvalue weighted by molar-refractivity contribution is 0.286. The van der Waals surface area contributed by atoms with Gasteiger partial charge in [0.2, 0.25) is 5.95 Å². The van der Waals surface area contributed by atoms with Crippen LogP contribution in [0.1, 0.15) is 12.8 Å². The summed E-state index contributed by atoms with van der Waals surface area (Å²) in [6, 6.07) is 1.62. The maximum atomic E-state index is 8.56. The van der Waals surface area contributed by atoms with Crippen molar-refractivity contribution in [2.45, 2.75) is 12.8 Å². The third-order valence-corrected chi connectivity index (χ3v) is 1.65. The van der Waals surface area contributed by atoms with Crippen molar-refractivity contribution < 1.29 is 5.11 Å². The van der Waals surface area contributed by atoms with E-state index in [0.29, 0.717) is 11.6 Å². The molecule has 6 nitrogen and oxygen atoms in total. The molecule has 0 amide bonds. The fraction of sp³-hybridized carbons (Fsp3) is 0.500. The average Bonchev–Trinajstić information content (AvgIpc) is 2.11. The van der Waals surface area contributed by atoms with Crippen molar-refractivity contribution in [1.82, 2.24) is 9.97 Å². The Morgan fingerprint density at radius 3 is 2.71 bits per heavy atom. The van der Waals surface area contributed by atoms with Gasteiger partial charge in [-0.15, -0.1) is 0 Å². The van der Waals surface area contributed by atoms with Gasteiger partial charge < -0.3 is 21.9 Å². The molecule has 0 aliphatic carbocycles. The Bertz CT molecular complexity index is 271. The number of rotatable bonds is 5. The zero-order valence-corrected chi connectivity index (χ0v) is 7.90. The van der Waals surface area contributed by atoms with E-state index in [4.69, 9.17) is 16.6 Å². The van der Waals surface area contributed by atoms with Gasteiger partial charge in [0.25, 0.3) is 0 Å². The standard InChI is InChI=1S/C8H15N5O/c9-6-5-7(13-8(10)12-6)11-3-1-2-4-14/h5,14H,1-4H2,(H5,9,10,11,12,13). The minimum atomic E-state index is 0.162. The van der Waals surface area contributed by atoms with Crippen molar-refractivity contribution >= 4 is 17.6 Å². The van der Waals surface area contributed by atoms with Crippen LogP contribution in [0.4, 0.5) is 17.6 Å². The van der Waals surface area contributed by atoms with Gasteiger partial charge in [-0.2, -0.15) is 9.97 Å². The van der Waals surface area contributed by atoms with Crippen molar-refractivity contribution in [2.24, 2.45) is 0 Å². The lowest BCUT2D eigenvalue weighted by Crippen LogP contribution is -2.07. The maximum absolute atomic E-state index is 8.56. The number of anilines is 3. The van der Waals surface area contributed by atoms with Crippen LogP contribution in [-0.4, -0.2) is 28.2 Å². The van der Waals surface area contributed by atoms with Crippen molar-refractivity contribution in [3.05, 3.63) is 6.07 Å². The van der Waals surface area contributed by atoms with Gasteiger partial charge in [0.1, 0.15) is 11.6 Å². The summed E-state index contributed by atoms with van der Waals surface area (Å²) in [7, 11) is 0. The number of nitrogen functional groups attached to an aromatic ring is 2. The summed E-state index contributed by atoms with van der Waals surface area (Å²) in [6.45, 7) is 0.937. The van der Waals surface area contributed by atoms with Crippen LogP contribution in [0.3, 0.4) is 0 Å². The van der Waals surface area contributed by atoms with Crippen LogP contribution < -0.4 is 16.8 Å². The van der Waals surface area contributed by atoms with Crippen LogP contribution in [0.25, 0.3) is 0 Å². The third-order valence-electron chi connectivity index (χ3n) is 1.65. The highest BCUT2D eigenvalue weighted by molar-refractivity contribution is 5.48. The van der Waals surface area contributed by atoms with Crippen LogP contribution >= 0.6 is 0 Å². The molecular formula is C8H15N5O. The van der Waals surface area contributed by atoms with Gasteiger partial charge >= 0.3 is 0 Å². The molecule has 0 radical (unpaired) electrons. The maximum Gasteiger partial charge on any atom is 0.223 e. The van der Waals surface area contributed by atoms with Gasteiger partial charge in [0.05, 0.1) is 0 Å². The first-order valence-electron chi connectivity index (χ1n) is 4.47. The molecule has 0 spiro atoms. The van der Waals surface area contributed by atoms with Crippen LogP contribution in [-0.2, 0) is 0 Å². The summed E-state index contributed by atoms with van der Waals surface area (Å²) in [5.41, 5.74) is 10.9. The van der Waals surface area contributed by atoms with Gasteiger partial charge in [-0.05, 0) is 12.8 Å². The van der Waals surface area contributed by atoms with Crippen LogP contribution in [0.15, 0.2) is 6.07 Å². The van der Waals surface area contributed by atoms with Crippen molar-refractivity contribution in [1.29, 1.82) is 0 Å². The topological polar surface area (TPSA) is 110 Å². The van der Waals surface area contributed by atoms with Crippen molar-refractivity contribution in [3.8, 4) is 0 Å². The molecule has 1 heterocycles. The van der Waals surface area contributed by atoms with E-state index in [2.05, 4.69) is 15.3 Å². The Labute approximate surface area is 82.4 Å². The summed E-state index contributed by atoms with van der Waals surface area (Å²) in [5.74, 6) is 1.13. The van der Waals surface area contributed by atoms with E-state index in [0.717, 1.165) is 19.4 Å². The lowest BCUT2D eigenvalue weighted by Gasteiger charge is -2.05. The molecule has 0 fully saturated rings. The average molecular weight is 197 g/mol. The molecule has 0 saturated heterocycles. The minimum Gasteiger partial charge on any atom is -0.396 e. The van der Waals surface area contributed by atoms with E-state index in [1.165, 1.54) is 0 Å². The van der Waals surface area contributed by atoms with Crippen LogP contribution in [0.5, 0.6) is 0 Å². The Morgan fingerprint density at radius 1 is 1.29 bits per heavy atom. The van der Waals surface area contributed by atoms with E-state index in [-0.39, 0.29) is 12.6 Å². The zero-order valence-electron chi connectivity index (χ0n) is 7.90. The number of aliphatic hydroxyl groups excluding tert-OH is 1. The first kappa shape index (κ1) is 10.5. The highest BCUT2D eigenvalue weighted by atomic mass is 16.2. The predicted molar refractivity (Wildman–Crippen MR) is 55.7 cm³/mol. The summed E-state index contributed by atoms with van der Waals surface area (Å²) in [4.78, 5) is 7.69. The molecule has 1 rings (SSSR count). The SMILES string of the molecule is Nc1cc(NCCCCO)nc(N)n1. The molecule has 0 saturated carbocycles. The summed E-state index contributed by atoms with van der Waals surface area (Å²) < 4.78 is 0. The molecule has 0 aromatic carbocycles. The Hall–Kier alpha value is -1.56. The highest BCUT2D eigenvalue weighted by Crippen LogP contribution is 2.08. The normalized spacial score (nSPS) is 10.1. The number of aliphatic hydroxyl groups is 1. The van der Waals surface area contributed by atoms with Gasteiger partial charge in [0, 0.05) is 19.2 Å². The van der Waals surface area contributed by atoms with E-state index >= 15 is 0 Å². The first-order chi connectivity index (χ1) is 6.72. The molecule has 6 heteroatoms. The molecule has 1 aromatic rings. The van der Waals surface area contributed by atoms with E-state index < -0.39 is 0 Å². The predicted octanol–water partition coefficient (Wildman–Crippen LogP) is -0.175. The molecule has 0 atom stereocenters. The van der Waals surface area contributed by atoms with Crippen molar-refractivity contribution in [2.75, 3.05) is 29.9 Å². The number of hydrogen-bond acceptors (Lipinski definition) is 6. The Morgan fingerprint density at radius 2 is 2.07 bits per heavy atom. The molecule has 14 heavy (non-hydrogen) atoms. The first-order valence-corrected chi connectivity index (χ1v) is 4.47. The molecule has 0 bridgehead atoms. The lowest BCUT2D eigenvalue weighted by atomic mass is 10.3. The molecule has 0 unspecified atom stereocenters. The van der Waals surface area contributed by atoms with Gasteiger partial charge in [-0.1, -0.05) is 0 Å². The van der Waals surface area contributed by atoms with E-state index in [1.54, 1.807) is 6.07 Å². The number of hydrogen-bond donors (Lipinski definition) is 4. The Kier molecular flexibility index (Phi) is 3.93. The van der Waals surface area contributed by atoms with Crippen LogP contribution in [0.2, 0.25) is 0 Å². The molecule has 78 valence electrons. The number of nitrogens with one attached hydrogen (secondary N) is 1. The fourth-order valence-corrected chi connectivity index (χ4v) is 1.03. The third kappa shape index (κ3) is 3.44. The second-order valence-electron chi connectivity index (χ2n) is 2.89. The van der Waals surface area contributed by atoms with E-state index in [9.17, 15) is 0 Å². The monoisotopic (exact) mass is 197 g/mol. The smallest absolute Gasteiger partial charge is 0.223 e. The highest BCUT2D eigenvalue weighted by Gasteiger charge is 1.98. The van der Waals surface area contributed by atoms with Gasteiger partial charge in [0.15, 0.2) is 0 Å². The van der Waals surface area contributed by atoms with Gasteiger partial charge in [-0.25, -0.2) is 0 Å². The zero-order chi connectivity index (χ0) is 10.4. The summed E-state index contributed by atoms with van der Waals surface area (Å²) in [6.07, 6.45) is 1.64. The molecule has 6 N–H and O–H groups in total. The summed E-state index contributed by atoms with van der Waals surface area (Å²) in [5, 5.41) is 11.6. The summed E-state index contributed by atoms with van der Waals surface area (Å²) >= 11 is 0. The number of unbranched alkanes of at least 4 members (excludes halogenated alkanes) is 1. The minimum absolute atomic E-state index is 0.162. The van der Waals surface area contributed by atoms with E-state index in [1.807, 2.05) is 0 Å². The molecule has 1 aromatic heterocycles. The molecule has 0 aliphatic heterocycles. The van der Waals surface area contributed by atoms with Crippen LogP contribution in [0, 0.1) is 0 Å². The molecule has 0 aliphatic rings. The number of aromatic nitrogens is 2.